The van der Waals surface area contributed by atoms with E-state index >= 15 is 0 Å². The summed E-state index contributed by atoms with van der Waals surface area (Å²) in [5.41, 5.74) is 4.79. The van der Waals surface area contributed by atoms with E-state index in [2.05, 4.69) is 82.0 Å². The van der Waals surface area contributed by atoms with Crippen LogP contribution in [-0.4, -0.2) is 0 Å². The van der Waals surface area contributed by atoms with Gasteiger partial charge in [0.15, 0.2) is 0 Å². The fraction of sp³-hybridized carbons (Fsp3) is 0.217. The van der Waals surface area contributed by atoms with Gasteiger partial charge in [-0.25, -0.2) is 0 Å². The SMILES string of the molecule is C=C(c1c(C)cc(C)c(Cl)c1C)P(C1=CC=CCC1)c1ccccc1. The molecule has 0 amide bonds. The van der Waals surface area contributed by atoms with Crippen molar-refractivity contribution < 1.29 is 0 Å². The van der Waals surface area contributed by atoms with Gasteiger partial charge >= 0.3 is 0 Å². The van der Waals surface area contributed by atoms with Crippen molar-refractivity contribution in [2.75, 3.05) is 0 Å². The lowest BCUT2D eigenvalue weighted by Crippen LogP contribution is -2.06. The lowest BCUT2D eigenvalue weighted by Gasteiger charge is -2.27. The number of aryl methyl sites for hydroxylation is 2. The standard InChI is InChI=1S/C23H24ClP/c1-16-15-17(2)23(24)18(3)22(16)19(4)25(20-11-7-5-8-12-20)21-13-9-6-10-14-21/h5-9,11-13,15H,4,10,14H2,1-3H3. The van der Waals surface area contributed by atoms with Crippen LogP contribution < -0.4 is 5.30 Å². The molecule has 1 aliphatic rings. The Morgan fingerprint density at radius 3 is 2.44 bits per heavy atom. The summed E-state index contributed by atoms with van der Waals surface area (Å²) in [7, 11) is -0.609. The molecule has 2 heteroatoms. The van der Waals surface area contributed by atoms with E-state index in [4.69, 9.17) is 11.6 Å². The highest BCUT2D eigenvalue weighted by atomic mass is 35.5. The Bertz CT molecular complexity index is 859. The molecule has 2 aromatic carbocycles. The monoisotopic (exact) mass is 366 g/mol. The van der Waals surface area contributed by atoms with Gasteiger partial charge in [0.05, 0.1) is 0 Å². The molecule has 0 nitrogen and oxygen atoms in total. The number of benzene rings is 2. The predicted octanol–water partition coefficient (Wildman–Crippen LogP) is 7.28. The second-order valence-electron chi connectivity index (χ2n) is 6.57. The zero-order valence-electron chi connectivity index (χ0n) is 15.1. The first-order chi connectivity index (χ1) is 12.0. The largest absolute Gasteiger partial charge is 0.0900 e. The van der Waals surface area contributed by atoms with Gasteiger partial charge in [-0.3, -0.25) is 0 Å². The molecule has 0 heterocycles. The Morgan fingerprint density at radius 1 is 1.08 bits per heavy atom. The van der Waals surface area contributed by atoms with Crippen LogP contribution >= 0.6 is 19.5 Å². The average Bonchev–Trinajstić information content (AvgIpc) is 2.62. The molecule has 1 atom stereocenters. The van der Waals surface area contributed by atoms with Crippen LogP contribution in [0.3, 0.4) is 0 Å². The summed E-state index contributed by atoms with van der Waals surface area (Å²) < 4.78 is 0. The van der Waals surface area contributed by atoms with Gasteiger partial charge in [-0.15, -0.1) is 0 Å². The molecule has 0 radical (unpaired) electrons. The molecule has 0 aromatic heterocycles. The Labute approximate surface area is 157 Å². The summed E-state index contributed by atoms with van der Waals surface area (Å²) in [6.07, 6.45) is 8.93. The first kappa shape index (κ1) is 18.2. The number of allylic oxidation sites excluding steroid dienone is 4. The molecule has 0 spiro atoms. The maximum absolute atomic E-state index is 6.58. The minimum absolute atomic E-state index is 0.609. The van der Waals surface area contributed by atoms with E-state index in [0.717, 1.165) is 29.0 Å². The summed E-state index contributed by atoms with van der Waals surface area (Å²) in [6.45, 7) is 10.9. The third-order valence-corrected chi connectivity index (χ3v) is 7.84. The molecule has 2 aromatic rings. The van der Waals surface area contributed by atoms with Gasteiger partial charge in [0, 0.05) is 5.02 Å². The number of hydrogen-bond donors (Lipinski definition) is 0. The maximum atomic E-state index is 6.58. The molecule has 1 unspecified atom stereocenters. The van der Waals surface area contributed by atoms with Gasteiger partial charge in [-0.2, -0.15) is 0 Å². The molecule has 0 N–H and O–H groups in total. The molecule has 0 saturated heterocycles. The highest BCUT2D eigenvalue weighted by molar-refractivity contribution is 7.79. The second kappa shape index (κ2) is 7.73. The fourth-order valence-corrected chi connectivity index (χ4v) is 6.33. The van der Waals surface area contributed by atoms with Gasteiger partial charge in [-0.05, 0) is 79.7 Å². The van der Waals surface area contributed by atoms with Crippen molar-refractivity contribution >= 4 is 30.1 Å². The first-order valence-corrected chi connectivity index (χ1v) is 10.4. The predicted molar refractivity (Wildman–Crippen MR) is 114 cm³/mol. The fourth-order valence-electron chi connectivity index (χ4n) is 3.57. The van der Waals surface area contributed by atoms with Gasteiger partial charge in [0.2, 0.25) is 0 Å². The molecular weight excluding hydrogens is 343 g/mol. The van der Waals surface area contributed by atoms with Gasteiger partial charge in [0.25, 0.3) is 0 Å². The molecule has 128 valence electrons. The normalized spacial score (nSPS) is 15.0. The van der Waals surface area contributed by atoms with E-state index < -0.39 is 7.92 Å². The van der Waals surface area contributed by atoms with Crippen LogP contribution in [0.2, 0.25) is 5.02 Å². The summed E-state index contributed by atoms with van der Waals surface area (Å²) in [4.78, 5) is 0. The van der Waals surface area contributed by atoms with Gasteiger partial charge in [0.1, 0.15) is 0 Å². The topological polar surface area (TPSA) is 0 Å². The van der Waals surface area contributed by atoms with Gasteiger partial charge < -0.3 is 0 Å². The van der Waals surface area contributed by atoms with Crippen molar-refractivity contribution in [3.8, 4) is 0 Å². The minimum Gasteiger partial charge on any atom is -0.0900 e. The van der Waals surface area contributed by atoms with Gasteiger partial charge in [-0.1, -0.05) is 72.8 Å². The Hall–Kier alpha value is -1.62. The summed E-state index contributed by atoms with van der Waals surface area (Å²) in [6, 6.07) is 13.0. The third-order valence-electron chi connectivity index (χ3n) is 4.73. The number of rotatable bonds is 4. The van der Waals surface area contributed by atoms with Crippen LogP contribution in [0.4, 0.5) is 0 Å². The van der Waals surface area contributed by atoms with Crippen LogP contribution in [0, 0.1) is 20.8 Å². The molecular formula is C23H24ClP. The number of hydrogen-bond acceptors (Lipinski definition) is 0. The van der Waals surface area contributed by atoms with Crippen molar-refractivity contribution in [1.82, 2.24) is 0 Å². The van der Waals surface area contributed by atoms with Crippen LogP contribution in [0.25, 0.3) is 5.31 Å². The molecule has 0 aliphatic heterocycles. The number of halogens is 1. The van der Waals surface area contributed by atoms with E-state index in [1.54, 1.807) is 0 Å². The van der Waals surface area contributed by atoms with E-state index in [-0.39, 0.29) is 0 Å². The highest BCUT2D eigenvalue weighted by Gasteiger charge is 2.24. The molecule has 0 fully saturated rings. The first-order valence-electron chi connectivity index (χ1n) is 8.67. The molecule has 0 saturated carbocycles. The average molecular weight is 367 g/mol. The van der Waals surface area contributed by atoms with Crippen molar-refractivity contribution in [3.05, 3.63) is 93.8 Å². The third kappa shape index (κ3) is 3.66. The summed E-state index contributed by atoms with van der Waals surface area (Å²) in [5.74, 6) is 0. The van der Waals surface area contributed by atoms with Crippen LogP contribution in [0.5, 0.6) is 0 Å². The van der Waals surface area contributed by atoms with Crippen LogP contribution in [0.1, 0.15) is 35.1 Å². The molecule has 25 heavy (non-hydrogen) atoms. The van der Waals surface area contributed by atoms with Crippen LogP contribution in [0.15, 0.2) is 66.5 Å². The zero-order valence-corrected chi connectivity index (χ0v) is 16.8. The minimum atomic E-state index is -0.609. The summed E-state index contributed by atoms with van der Waals surface area (Å²) >= 11 is 6.58. The smallest absolute Gasteiger partial charge is 0.0470 e. The highest BCUT2D eigenvalue weighted by Crippen LogP contribution is 2.58. The molecule has 1 aliphatic carbocycles. The second-order valence-corrected chi connectivity index (χ2v) is 9.25. The van der Waals surface area contributed by atoms with E-state index in [1.165, 1.54) is 27.1 Å². The quantitative estimate of drug-likeness (QED) is 0.499. The Balaban J connectivity index is 2.15. The Morgan fingerprint density at radius 2 is 1.80 bits per heavy atom. The van der Waals surface area contributed by atoms with E-state index in [9.17, 15) is 0 Å². The lowest BCUT2D eigenvalue weighted by atomic mass is 9.99. The molecule has 0 bridgehead atoms. The molecule has 3 rings (SSSR count). The summed E-state index contributed by atoms with van der Waals surface area (Å²) in [5, 5.41) is 4.92. The van der Waals surface area contributed by atoms with Crippen molar-refractivity contribution in [2.24, 2.45) is 0 Å². The van der Waals surface area contributed by atoms with E-state index in [1.807, 2.05) is 0 Å². The Kier molecular flexibility index (Phi) is 5.62. The zero-order chi connectivity index (χ0) is 18.0. The lowest BCUT2D eigenvalue weighted by molar-refractivity contribution is 1.02. The van der Waals surface area contributed by atoms with Crippen LogP contribution in [-0.2, 0) is 0 Å². The van der Waals surface area contributed by atoms with Crippen molar-refractivity contribution in [3.63, 3.8) is 0 Å². The van der Waals surface area contributed by atoms with Crippen molar-refractivity contribution in [2.45, 2.75) is 33.6 Å². The van der Waals surface area contributed by atoms with E-state index in [0.29, 0.717) is 0 Å². The van der Waals surface area contributed by atoms with Crippen molar-refractivity contribution in [1.29, 1.82) is 0 Å². The maximum Gasteiger partial charge on any atom is 0.0470 e.